The fourth-order valence-electron chi connectivity index (χ4n) is 3.27. The summed E-state index contributed by atoms with van der Waals surface area (Å²) < 4.78 is 41.4. The van der Waals surface area contributed by atoms with E-state index in [1.165, 1.54) is 16.7 Å². The third-order valence-corrected chi connectivity index (χ3v) is 6.40. The molecule has 1 fully saturated rings. The molecular weight excluding hydrogens is 465 g/mol. The standard InChI is InChI=1S/C21H14BrF3N2OS/c22-14-3-1-13(2-4-14)15-5-6-26-9-16(15)21-27(19(28)11-29-21)10-12-7-17(23)20(25)18(24)8-12/h1-9,21H,10-11H2. The Bertz CT molecular complexity index is 1050. The summed E-state index contributed by atoms with van der Waals surface area (Å²) in [5.74, 6) is -3.97. The monoisotopic (exact) mass is 478 g/mol. The highest BCUT2D eigenvalue weighted by Crippen LogP contribution is 2.43. The number of thioether (sulfide) groups is 1. The van der Waals surface area contributed by atoms with Crippen LogP contribution in [-0.2, 0) is 11.3 Å². The minimum atomic E-state index is -1.52. The average Bonchev–Trinajstić information content (AvgIpc) is 3.07. The van der Waals surface area contributed by atoms with Gasteiger partial charge in [-0.25, -0.2) is 13.2 Å². The van der Waals surface area contributed by atoms with Gasteiger partial charge < -0.3 is 4.90 Å². The Balaban J connectivity index is 1.70. The van der Waals surface area contributed by atoms with Gasteiger partial charge in [0.1, 0.15) is 5.37 Å². The SMILES string of the molecule is O=C1CSC(c2cnccc2-c2ccc(Br)cc2)N1Cc1cc(F)c(F)c(F)c1. The highest BCUT2D eigenvalue weighted by atomic mass is 79.9. The lowest BCUT2D eigenvalue weighted by Gasteiger charge is -2.26. The molecule has 3 aromatic rings. The second-order valence-electron chi connectivity index (χ2n) is 6.53. The second kappa shape index (κ2) is 8.20. The molecule has 0 saturated carbocycles. The summed E-state index contributed by atoms with van der Waals surface area (Å²) in [6, 6.07) is 11.5. The van der Waals surface area contributed by atoms with E-state index in [-0.39, 0.29) is 29.1 Å². The maximum Gasteiger partial charge on any atom is 0.234 e. The second-order valence-corrected chi connectivity index (χ2v) is 8.51. The molecule has 0 aliphatic carbocycles. The minimum absolute atomic E-state index is 0.0285. The maximum atomic E-state index is 13.6. The number of hydrogen-bond acceptors (Lipinski definition) is 3. The van der Waals surface area contributed by atoms with Crippen LogP contribution < -0.4 is 0 Å². The van der Waals surface area contributed by atoms with Crippen molar-refractivity contribution < 1.29 is 18.0 Å². The van der Waals surface area contributed by atoms with Gasteiger partial charge in [-0.05, 0) is 47.0 Å². The van der Waals surface area contributed by atoms with Crippen molar-refractivity contribution in [3.8, 4) is 11.1 Å². The van der Waals surface area contributed by atoms with Crippen LogP contribution in [0.3, 0.4) is 0 Å². The molecule has 2 heterocycles. The van der Waals surface area contributed by atoms with Gasteiger partial charge in [-0.3, -0.25) is 9.78 Å². The lowest BCUT2D eigenvalue weighted by molar-refractivity contribution is -0.128. The minimum Gasteiger partial charge on any atom is -0.321 e. The topological polar surface area (TPSA) is 33.2 Å². The first-order valence-corrected chi connectivity index (χ1v) is 10.5. The zero-order valence-electron chi connectivity index (χ0n) is 14.9. The smallest absolute Gasteiger partial charge is 0.234 e. The lowest BCUT2D eigenvalue weighted by Crippen LogP contribution is -2.28. The molecule has 148 valence electrons. The van der Waals surface area contributed by atoms with Crippen molar-refractivity contribution in [1.29, 1.82) is 0 Å². The van der Waals surface area contributed by atoms with Gasteiger partial charge in [0, 0.05) is 29.0 Å². The van der Waals surface area contributed by atoms with E-state index in [0.29, 0.717) is 0 Å². The fraction of sp³-hybridized carbons (Fsp3) is 0.143. The summed E-state index contributed by atoms with van der Waals surface area (Å²) in [4.78, 5) is 18.3. The third kappa shape index (κ3) is 4.04. The molecule has 3 nitrogen and oxygen atoms in total. The number of carbonyl (C=O) groups is 1. The number of pyridine rings is 1. The largest absolute Gasteiger partial charge is 0.321 e. The molecule has 1 atom stereocenters. The number of nitrogens with zero attached hydrogens (tertiary/aromatic N) is 2. The summed E-state index contributed by atoms with van der Waals surface area (Å²) >= 11 is 4.84. The highest BCUT2D eigenvalue weighted by molar-refractivity contribution is 9.10. The lowest BCUT2D eigenvalue weighted by atomic mass is 10.0. The molecule has 1 amide bonds. The Morgan fingerprint density at radius 1 is 1.10 bits per heavy atom. The number of benzene rings is 2. The molecule has 0 bridgehead atoms. The normalized spacial score (nSPS) is 16.5. The summed E-state index contributed by atoms with van der Waals surface area (Å²) in [6.07, 6.45) is 3.38. The van der Waals surface area contributed by atoms with Crippen LogP contribution in [0.2, 0.25) is 0 Å². The first-order valence-electron chi connectivity index (χ1n) is 8.68. The van der Waals surface area contributed by atoms with E-state index < -0.39 is 17.5 Å². The molecule has 1 unspecified atom stereocenters. The van der Waals surface area contributed by atoms with Crippen molar-refractivity contribution in [3.63, 3.8) is 0 Å². The maximum absolute atomic E-state index is 13.6. The zero-order valence-corrected chi connectivity index (χ0v) is 17.3. The molecule has 1 aliphatic heterocycles. The number of rotatable bonds is 4. The molecule has 0 spiro atoms. The molecule has 0 radical (unpaired) electrons. The van der Waals surface area contributed by atoms with Crippen molar-refractivity contribution in [3.05, 3.63) is 87.9 Å². The van der Waals surface area contributed by atoms with E-state index in [4.69, 9.17) is 0 Å². The van der Waals surface area contributed by atoms with E-state index in [1.807, 2.05) is 30.3 Å². The van der Waals surface area contributed by atoms with Crippen LogP contribution in [-0.4, -0.2) is 21.5 Å². The van der Waals surface area contributed by atoms with E-state index in [1.54, 1.807) is 12.4 Å². The van der Waals surface area contributed by atoms with Crippen molar-refractivity contribution in [2.45, 2.75) is 11.9 Å². The van der Waals surface area contributed by atoms with Crippen LogP contribution >= 0.6 is 27.7 Å². The highest BCUT2D eigenvalue weighted by Gasteiger charge is 2.34. The Hall–Kier alpha value is -2.32. The molecule has 1 saturated heterocycles. The molecule has 1 aliphatic rings. The zero-order chi connectivity index (χ0) is 20.5. The van der Waals surface area contributed by atoms with Gasteiger partial charge in [0.15, 0.2) is 17.5 Å². The summed E-state index contributed by atoms with van der Waals surface area (Å²) in [7, 11) is 0. The van der Waals surface area contributed by atoms with Crippen molar-refractivity contribution in [2.75, 3.05) is 5.75 Å². The number of amides is 1. The molecular formula is C21H14BrF3N2OS. The van der Waals surface area contributed by atoms with Gasteiger partial charge in [0.05, 0.1) is 5.75 Å². The first kappa shape index (κ1) is 20.0. The van der Waals surface area contributed by atoms with Crippen LogP contribution in [0.5, 0.6) is 0 Å². The van der Waals surface area contributed by atoms with Crippen LogP contribution in [0.25, 0.3) is 11.1 Å². The van der Waals surface area contributed by atoms with Gasteiger partial charge in [-0.2, -0.15) is 0 Å². The van der Waals surface area contributed by atoms with E-state index >= 15 is 0 Å². The molecule has 29 heavy (non-hydrogen) atoms. The van der Waals surface area contributed by atoms with Crippen molar-refractivity contribution >= 4 is 33.6 Å². The van der Waals surface area contributed by atoms with Crippen molar-refractivity contribution in [2.24, 2.45) is 0 Å². The Morgan fingerprint density at radius 2 is 1.79 bits per heavy atom. The molecule has 2 aromatic carbocycles. The van der Waals surface area contributed by atoms with Crippen LogP contribution in [0, 0.1) is 17.5 Å². The quantitative estimate of drug-likeness (QED) is 0.450. The van der Waals surface area contributed by atoms with Gasteiger partial charge in [0.2, 0.25) is 5.91 Å². The summed E-state index contributed by atoms with van der Waals surface area (Å²) in [6.45, 7) is -0.0285. The van der Waals surface area contributed by atoms with E-state index in [2.05, 4.69) is 20.9 Å². The predicted octanol–water partition coefficient (Wildman–Crippen LogP) is 5.70. The number of halogens is 4. The average molecular weight is 479 g/mol. The van der Waals surface area contributed by atoms with E-state index in [9.17, 15) is 18.0 Å². The Morgan fingerprint density at radius 3 is 2.48 bits per heavy atom. The summed E-state index contributed by atoms with van der Waals surface area (Å²) in [5.41, 5.74) is 2.90. The van der Waals surface area contributed by atoms with Crippen LogP contribution in [0.1, 0.15) is 16.5 Å². The number of hydrogen-bond donors (Lipinski definition) is 0. The number of carbonyl (C=O) groups excluding carboxylic acids is 1. The predicted molar refractivity (Wildman–Crippen MR) is 109 cm³/mol. The molecule has 0 N–H and O–H groups in total. The number of aromatic nitrogens is 1. The van der Waals surface area contributed by atoms with Crippen LogP contribution in [0.15, 0.2) is 59.3 Å². The van der Waals surface area contributed by atoms with Gasteiger partial charge in [-0.15, -0.1) is 11.8 Å². The van der Waals surface area contributed by atoms with Gasteiger partial charge >= 0.3 is 0 Å². The van der Waals surface area contributed by atoms with E-state index in [0.717, 1.165) is 33.3 Å². The molecule has 4 rings (SSSR count). The summed E-state index contributed by atoms with van der Waals surface area (Å²) in [5, 5.41) is -0.369. The van der Waals surface area contributed by atoms with Crippen molar-refractivity contribution in [1.82, 2.24) is 9.88 Å². The Kier molecular flexibility index (Phi) is 5.65. The van der Waals surface area contributed by atoms with Crippen LogP contribution in [0.4, 0.5) is 13.2 Å². The molecule has 8 heteroatoms. The first-order chi connectivity index (χ1) is 13.9. The van der Waals surface area contributed by atoms with Gasteiger partial charge in [0.25, 0.3) is 0 Å². The molecule has 1 aromatic heterocycles. The van der Waals surface area contributed by atoms with Gasteiger partial charge in [-0.1, -0.05) is 28.1 Å². The third-order valence-electron chi connectivity index (χ3n) is 4.64. The Labute approximate surface area is 178 Å². The fourth-order valence-corrected chi connectivity index (χ4v) is 4.74.